The predicted molar refractivity (Wildman–Crippen MR) is 77.7 cm³/mol. The molecule has 0 bridgehead atoms. The van der Waals surface area contributed by atoms with Crippen molar-refractivity contribution in [2.75, 3.05) is 11.9 Å². The number of anilines is 1. The molecular weight excluding hydrogens is 254 g/mol. The Balaban J connectivity index is 2.02. The SMILES string of the molecule is CCO/C=C/C(=O)Nc1ccc(-n2ccnc2C)cc1. The number of ether oxygens (including phenoxy) is 1. The fourth-order valence-electron chi connectivity index (χ4n) is 1.75. The summed E-state index contributed by atoms with van der Waals surface area (Å²) in [6, 6.07) is 7.55. The number of aromatic nitrogens is 2. The van der Waals surface area contributed by atoms with Crippen molar-refractivity contribution < 1.29 is 9.53 Å². The molecule has 1 N–H and O–H groups in total. The molecule has 0 saturated heterocycles. The van der Waals surface area contributed by atoms with Crippen LogP contribution < -0.4 is 5.32 Å². The van der Waals surface area contributed by atoms with Gasteiger partial charge in [-0.3, -0.25) is 4.79 Å². The van der Waals surface area contributed by atoms with Crippen LogP contribution in [0.5, 0.6) is 0 Å². The Morgan fingerprint density at radius 3 is 2.75 bits per heavy atom. The molecule has 5 nitrogen and oxygen atoms in total. The molecule has 0 spiro atoms. The summed E-state index contributed by atoms with van der Waals surface area (Å²) in [5.74, 6) is 0.700. The highest BCUT2D eigenvalue weighted by Crippen LogP contribution is 2.14. The van der Waals surface area contributed by atoms with E-state index in [1.165, 1.54) is 12.3 Å². The molecule has 0 atom stereocenters. The number of carbonyl (C=O) groups excluding carboxylic acids is 1. The number of nitrogens with zero attached hydrogens (tertiary/aromatic N) is 2. The third-order valence-corrected chi connectivity index (χ3v) is 2.72. The van der Waals surface area contributed by atoms with E-state index in [-0.39, 0.29) is 5.91 Å². The van der Waals surface area contributed by atoms with Crippen molar-refractivity contribution in [1.29, 1.82) is 0 Å². The number of aryl methyl sites for hydroxylation is 1. The van der Waals surface area contributed by atoms with Gasteiger partial charge in [-0.1, -0.05) is 0 Å². The first kappa shape index (κ1) is 13.9. The molecule has 1 heterocycles. The summed E-state index contributed by atoms with van der Waals surface area (Å²) in [5, 5.41) is 2.76. The Morgan fingerprint density at radius 2 is 2.15 bits per heavy atom. The molecule has 1 aromatic carbocycles. The summed E-state index contributed by atoms with van der Waals surface area (Å²) in [6.07, 6.45) is 6.40. The molecule has 1 amide bonds. The lowest BCUT2D eigenvalue weighted by molar-refractivity contribution is -0.112. The number of imidazole rings is 1. The van der Waals surface area contributed by atoms with Crippen molar-refractivity contribution in [3.8, 4) is 5.69 Å². The maximum Gasteiger partial charge on any atom is 0.251 e. The Bertz CT molecular complexity index is 600. The lowest BCUT2D eigenvalue weighted by Gasteiger charge is -2.07. The minimum atomic E-state index is -0.218. The molecule has 104 valence electrons. The van der Waals surface area contributed by atoms with Gasteiger partial charge in [0, 0.05) is 29.8 Å². The second kappa shape index (κ2) is 6.56. The minimum absolute atomic E-state index is 0.218. The fourth-order valence-corrected chi connectivity index (χ4v) is 1.75. The molecule has 0 fully saturated rings. The van der Waals surface area contributed by atoms with Gasteiger partial charge < -0.3 is 14.6 Å². The molecule has 0 aliphatic rings. The third kappa shape index (κ3) is 3.47. The first-order chi connectivity index (χ1) is 9.70. The van der Waals surface area contributed by atoms with Crippen LogP contribution >= 0.6 is 0 Å². The molecule has 0 aliphatic carbocycles. The van der Waals surface area contributed by atoms with Gasteiger partial charge in [-0.2, -0.15) is 0 Å². The summed E-state index contributed by atoms with van der Waals surface area (Å²) >= 11 is 0. The first-order valence-electron chi connectivity index (χ1n) is 6.40. The normalized spacial score (nSPS) is 10.7. The van der Waals surface area contributed by atoms with Gasteiger partial charge in [-0.25, -0.2) is 4.98 Å². The van der Waals surface area contributed by atoms with Crippen molar-refractivity contribution in [3.63, 3.8) is 0 Å². The maximum atomic E-state index is 11.6. The summed E-state index contributed by atoms with van der Waals surface area (Å²) in [7, 11) is 0. The van der Waals surface area contributed by atoms with Crippen LogP contribution in [-0.2, 0) is 9.53 Å². The highest BCUT2D eigenvalue weighted by atomic mass is 16.5. The van der Waals surface area contributed by atoms with Gasteiger partial charge in [0.2, 0.25) is 0 Å². The van der Waals surface area contributed by atoms with Crippen LogP contribution in [-0.4, -0.2) is 22.1 Å². The standard InChI is InChI=1S/C15H17N3O2/c1-3-20-11-8-15(19)17-13-4-6-14(7-5-13)18-10-9-16-12(18)2/h4-11H,3H2,1-2H3,(H,17,19)/b11-8+. The van der Waals surface area contributed by atoms with Crippen molar-refractivity contribution in [3.05, 3.63) is 54.8 Å². The summed E-state index contributed by atoms with van der Waals surface area (Å²) in [4.78, 5) is 15.7. The zero-order chi connectivity index (χ0) is 14.4. The summed E-state index contributed by atoms with van der Waals surface area (Å²) in [6.45, 7) is 4.34. The molecule has 0 unspecified atom stereocenters. The smallest absolute Gasteiger partial charge is 0.251 e. The summed E-state index contributed by atoms with van der Waals surface area (Å²) in [5.41, 5.74) is 1.74. The third-order valence-electron chi connectivity index (χ3n) is 2.72. The van der Waals surface area contributed by atoms with Crippen LogP contribution in [0.4, 0.5) is 5.69 Å². The van der Waals surface area contributed by atoms with Crippen LogP contribution in [0.2, 0.25) is 0 Å². The van der Waals surface area contributed by atoms with Crippen LogP contribution in [0.25, 0.3) is 5.69 Å². The number of hydrogen-bond donors (Lipinski definition) is 1. The topological polar surface area (TPSA) is 56.1 Å². The van der Waals surface area contributed by atoms with Crippen molar-refractivity contribution in [2.45, 2.75) is 13.8 Å². The van der Waals surface area contributed by atoms with Crippen LogP contribution in [0, 0.1) is 6.92 Å². The molecule has 0 radical (unpaired) electrons. The van der Waals surface area contributed by atoms with Crippen LogP contribution in [0.3, 0.4) is 0 Å². The number of amides is 1. The number of carbonyl (C=O) groups is 1. The van der Waals surface area contributed by atoms with E-state index in [0.29, 0.717) is 6.61 Å². The number of nitrogens with one attached hydrogen (secondary N) is 1. The van der Waals surface area contributed by atoms with E-state index in [4.69, 9.17) is 4.74 Å². The molecule has 0 saturated carbocycles. The quantitative estimate of drug-likeness (QED) is 0.672. The van der Waals surface area contributed by atoms with E-state index in [1.807, 2.05) is 48.9 Å². The highest BCUT2D eigenvalue weighted by Gasteiger charge is 2.01. The zero-order valence-corrected chi connectivity index (χ0v) is 11.5. The van der Waals surface area contributed by atoms with Gasteiger partial charge in [0.15, 0.2) is 0 Å². The van der Waals surface area contributed by atoms with Gasteiger partial charge in [-0.15, -0.1) is 0 Å². The van der Waals surface area contributed by atoms with Crippen LogP contribution in [0.15, 0.2) is 49.0 Å². The Hall–Kier alpha value is -2.56. The van der Waals surface area contributed by atoms with E-state index >= 15 is 0 Å². The largest absolute Gasteiger partial charge is 0.501 e. The molecule has 2 aromatic rings. The molecule has 5 heteroatoms. The Labute approximate surface area is 117 Å². The Kier molecular flexibility index (Phi) is 4.55. The van der Waals surface area contributed by atoms with Gasteiger partial charge in [0.25, 0.3) is 5.91 Å². The lowest BCUT2D eigenvalue weighted by atomic mass is 10.2. The van der Waals surface area contributed by atoms with Crippen molar-refractivity contribution in [2.24, 2.45) is 0 Å². The highest BCUT2D eigenvalue weighted by molar-refractivity contribution is 5.99. The van der Waals surface area contributed by atoms with E-state index in [0.717, 1.165) is 17.2 Å². The lowest BCUT2D eigenvalue weighted by Crippen LogP contribution is -2.08. The fraction of sp³-hybridized carbons (Fsp3) is 0.200. The molecule has 2 rings (SSSR count). The van der Waals surface area contributed by atoms with E-state index in [1.54, 1.807) is 6.20 Å². The average Bonchev–Trinajstić information content (AvgIpc) is 2.86. The van der Waals surface area contributed by atoms with Crippen LogP contribution in [0.1, 0.15) is 12.7 Å². The van der Waals surface area contributed by atoms with Gasteiger partial charge in [0.05, 0.1) is 12.9 Å². The number of rotatable bonds is 5. The van der Waals surface area contributed by atoms with Crippen molar-refractivity contribution >= 4 is 11.6 Å². The average molecular weight is 271 g/mol. The molecule has 20 heavy (non-hydrogen) atoms. The van der Waals surface area contributed by atoms with E-state index in [2.05, 4.69) is 10.3 Å². The van der Waals surface area contributed by atoms with E-state index < -0.39 is 0 Å². The first-order valence-corrected chi connectivity index (χ1v) is 6.40. The van der Waals surface area contributed by atoms with Gasteiger partial charge in [-0.05, 0) is 38.1 Å². The van der Waals surface area contributed by atoms with E-state index in [9.17, 15) is 4.79 Å². The zero-order valence-electron chi connectivity index (χ0n) is 11.5. The monoisotopic (exact) mass is 271 g/mol. The second-order valence-corrected chi connectivity index (χ2v) is 4.14. The minimum Gasteiger partial charge on any atom is -0.501 e. The second-order valence-electron chi connectivity index (χ2n) is 4.14. The molecule has 1 aromatic heterocycles. The number of benzene rings is 1. The number of hydrogen-bond acceptors (Lipinski definition) is 3. The predicted octanol–water partition coefficient (Wildman–Crippen LogP) is 2.67. The van der Waals surface area contributed by atoms with Crippen molar-refractivity contribution in [1.82, 2.24) is 9.55 Å². The summed E-state index contributed by atoms with van der Waals surface area (Å²) < 4.78 is 6.94. The molecule has 0 aliphatic heterocycles. The molecular formula is C15H17N3O2. The van der Waals surface area contributed by atoms with Gasteiger partial charge in [0.1, 0.15) is 5.82 Å². The maximum absolute atomic E-state index is 11.6. The van der Waals surface area contributed by atoms with Gasteiger partial charge >= 0.3 is 0 Å². The Morgan fingerprint density at radius 1 is 1.40 bits per heavy atom.